The van der Waals surface area contributed by atoms with Crippen molar-refractivity contribution < 1.29 is 5.11 Å². The predicted octanol–water partition coefficient (Wildman–Crippen LogP) is 1.67. The lowest BCUT2D eigenvalue weighted by molar-refractivity contribution is 0.272. The molecular formula is C16H14IN7O2. The molecule has 26 heavy (non-hydrogen) atoms. The summed E-state index contributed by atoms with van der Waals surface area (Å²) in [5.41, 5.74) is 2.40. The van der Waals surface area contributed by atoms with Crippen LogP contribution in [0.15, 0.2) is 35.6 Å². The fraction of sp³-hybridized carbons (Fsp3) is 0.188. The summed E-state index contributed by atoms with van der Waals surface area (Å²) in [6.45, 7) is -0.281. The van der Waals surface area contributed by atoms with Crippen LogP contribution >= 0.6 is 22.6 Å². The number of fused-ring (bicyclic) bond motifs is 2. The number of aliphatic hydroxyl groups is 1. The standard InChI is InChI=1S/C16H14IN7O2/c17-4-8-2-1-3-9-11(8)16(26)24-13(22-9)10(5-25)23-15-12-14(19-6-18-12)20-7-21-15/h1-3,6-7,10,25H,4-5H2,(H,22,24,26)(H2,18,19,20,21,23). The van der Waals surface area contributed by atoms with E-state index in [1.54, 1.807) is 6.07 Å². The average molecular weight is 463 g/mol. The van der Waals surface area contributed by atoms with E-state index < -0.39 is 6.04 Å². The molecule has 9 nitrogen and oxygen atoms in total. The van der Waals surface area contributed by atoms with Crippen LogP contribution in [0.2, 0.25) is 0 Å². The van der Waals surface area contributed by atoms with Crippen LogP contribution in [-0.4, -0.2) is 41.6 Å². The summed E-state index contributed by atoms with van der Waals surface area (Å²) >= 11 is 2.21. The highest BCUT2D eigenvalue weighted by Gasteiger charge is 2.18. The quantitative estimate of drug-likeness (QED) is 0.262. The number of aliphatic hydroxyl groups excluding tert-OH is 1. The SMILES string of the molecule is O=c1[nH]c(C(CO)Nc2ncnc3[nH]cnc23)nc2cccc(CI)c12. The third-order valence-electron chi connectivity index (χ3n) is 4.02. The molecule has 4 N–H and O–H groups in total. The lowest BCUT2D eigenvalue weighted by atomic mass is 10.1. The highest BCUT2D eigenvalue weighted by atomic mass is 127. The van der Waals surface area contributed by atoms with Crippen molar-refractivity contribution in [2.45, 2.75) is 10.5 Å². The highest BCUT2D eigenvalue weighted by Crippen LogP contribution is 2.22. The van der Waals surface area contributed by atoms with Gasteiger partial charge in [0, 0.05) is 4.43 Å². The van der Waals surface area contributed by atoms with E-state index >= 15 is 0 Å². The molecule has 0 amide bonds. The van der Waals surface area contributed by atoms with Crippen LogP contribution in [0.1, 0.15) is 17.4 Å². The van der Waals surface area contributed by atoms with Crippen molar-refractivity contribution >= 4 is 50.5 Å². The molecule has 10 heteroatoms. The van der Waals surface area contributed by atoms with E-state index in [0.29, 0.717) is 38.1 Å². The Hall–Kier alpha value is -2.60. The molecule has 0 aliphatic carbocycles. The van der Waals surface area contributed by atoms with E-state index in [1.807, 2.05) is 12.1 Å². The van der Waals surface area contributed by atoms with Crippen molar-refractivity contribution in [2.75, 3.05) is 11.9 Å². The maximum atomic E-state index is 12.6. The number of imidazole rings is 1. The van der Waals surface area contributed by atoms with Crippen molar-refractivity contribution in [1.82, 2.24) is 29.9 Å². The van der Waals surface area contributed by atoms with Crippen LogP contribution in [0.3, 0.4) is 0 Å². The molecule has 0 aliphatic rings. The van der Waals surface area contributed by atoms with Crippen molar-refractivity contribution in [1.29, 1.82) is 0 Å². The molecule has 0 spiro atoms. The van der Waals surface area contributed by atoms with E-state index in [1.165, 1.54) is 12.7 Å². The molecule has 3 aromatic heterocycles. The molecule has 1 unspecified atom stereocenters. The number of hydrogen-bond donors (Lipinski definition) is 4. The van der Waals surface area contributed by atoms with Crippen LogP contribution in [0.5, 0.6) is 0 Å². The maximum absolute atomic E-state index is 12.6. The minimum Gasteiger partial charge on any atom is -0.394 e. The van der Waals surface area contributed by atoms with Crippen LogP contribution < -0.4 is 10.9 Å². The average Bonchev–Trinajstić information content (AvgIpc) is 3.15. The number of hydrogen-bond acceptors (Lipinski definition) is 7. The Labute approximate surface area is 160 Å². The Morgan fingerprint density at radius 1 is 1.27 bits per heavy atom. The molecule has 0 fully saturated rings. The molecule has 0 saturated carbocycles. The topological polar surface area (TPSA) is 132 Å². The van der Waals surface area contributed by atoms with Gasteiger partial charge in [0.15, 0.2) is 11.5 Å². The highest BCUT2D eigenvalue weighted by molar-refractivity contribution is 14.1. The molecule has 0 saturated heterocycles. The number of aromatic nitrogens is 6. The van der Waals surface area contributed by atoms with Gasteiger partial charge < -0.3 is 20.4 Å². The van der Waals surface area contributed by atoms with Gasteiger partial charge in [0.05, 0.1) is 23.8 Å². The molecule has 0 radical (unpaired) electrons. The molecule has 1 aromatic carbocycles. The summed E-state index contributed by atoms with van der Waals surface area (Å²) in [5, 5.41) is 13.5. The number of aromatic amines is 2. The molecule has 4 rings (SSSR count). The van der Waals surface area contributed by atoms with Gasteiger partial charge in [-0.3, -0.25) is 4.79 Å². The van der Waals surface area contributed by atoms with E-state index in [4.69, 9.17) is 0 Å². The summed E-state index contributed by atoms with van der Waals surface area (Å²) in [4.78, 5) is 35.2. The normalized spacial score (nSPS) is 12.5. The second-order valence-electron chi connectivity index (χ2n) is 5.60. The summed E-state index contributed by atoms with van der Waals surface area (Å²) in [6.07, 6.45) is 2.90. The van der Waals surface area contributed by atoms with E-state index in [2.05, 4.69) is 57.8 Å². The molecule has 4 aromatic rings. The van der Waals surface area contributed by atoms with Gasteiger partial charge in [0.1, 0.15) is 23.7 Å². The van der Waals surface area contributed by atoms with Gasteiger partial charge in [-0.1, -0.05) is 34.7 Å². The monoisotopic (exact) mass is 463 g/mol. The second-order valence-corrected chi connectivity index (χ2v) is 6.36. The molecule has 0 bridgehead atoms. The molecule has 3 heterocycles. The van der Waals surface area contributed by atoms with Crippen LogP contribution in [0, 0.1) is 0 Å². The first kappa shape index (κ1) is 16.8. The third kappa shape index (κ3) is 2.90. The van der Waals surface area contributed by atoms with Crippen LogP contribution in [-0.2, 0) is 4.43 Å². The number of anilines is 1. The number of nitrogens with zero attached hydrogens (tertiary/aromatic N) is 4. The number of benzene rings is 1. The van der Waals surface area contributed by atoms with Gasteiger partial charge in [-0.2, -0.15) is 0 Å². The first-order chi connectivity index (χ1) is 12.7. The minimum atomic E-state index is -0.648. The zero-order chi connectivity index (χ0) is 18.1. The lowest BCUT2D eigenvalue weighted by Crippen LogP contribution is -2.23. The van der Waals surface area contributed by atoms with Crippen molar-refractivity contribution in [3.8, 4) is 0 Å². The number of rotatable bonds is 5. The van der Waals surface area contributed by atoms with E-state index in [-0.39, 0.29) is 12.2 Å². The Bertz CT molecular complexity index is 1140. The minimum absolute atomic E-state index is 0.231. The predicted molar refractivity (Wildman–Crippen MR) is 105 cm³/mol. The Morgan fingerprint density at radius 2 is 2.15 bits per heavy atom. The number of alkyl halides is 1. The number of nitrogens with one attached hydrogen (secondary N) is 3. The summed E-state index contributed by atoms with van der Waals surface area (Å²) in [7, 11) is 0. The largest absolute Gasteiger partial charge is 0.394 e. The van der Waals surface area contributed by atoms with Crippen molar-refractivity contribution in [2.24, 2.45) is 0 Å². The van der Waals surface area contributed by atoms with Crippen LogP contribution in [0.4, 0.5) is 5.82 Å². The van der Waals surface area contributed by atoms with Crippen molar-refractivity contribution in [3.63, 3.8) is 0 Å². The fourth-order valence-electron chi connectivity index (χ4n) is 2.79. The fourth-order valence-corrected chi connectivity index (χ4v) is 3.43. The first-order valence-electron chi connectivity index (χ1n) is 7.80. The lowest BCUT2D eigenvalue weighted by Gasteiger charge is -2.16. The Balaban J connectivity index is 1.77. The Morgan fingerprint density at radius 3 is 2.96 bits per heavy atom. The number of halogens is 1. The molecule has 132 valence electrons. The molecule has 0 aliphatic heterocycles. The van der Waals surface area contributed by atoms with Crippen molar-refractivity contribution in [3.05, 3.63) is 52.6 Å². The van der Waals surface area contributed by atoms with Gasteiger partial charge >= 0.3 is 0 Å². The smallest absolute Gasteiger partial charge is 0.259 e. The van der Waals surface area contributed by atoms with E-state index in [9.17, 15) is 9.90 Å². The number of H-pyrrole nitrogens is 2. The maximum Gasteiger partial charge on any atom is 0.259 e. The summed E-state index contributed by atoms with van der Waals surface area (Å²) in [5.74, 6) is 0.775. The van der Waals surface area contributed by atoms with Gasteiger partial charge in [-0.15, -0.1) is 0 Å². The zero-order valence-corrected chi connectivity index (χ0v) is 15.6. The van der Waals surface area contributed by atoms with E-state index in [0.717, 1.165) is 5.56 Å². The zero-order valence-electron chi connectivity index (χ0n) is 13.4. The Kier molecular flexibility index (Phi) is 4.51. The van der Waals surface area contributed by atoms with Gasteiger partial charge in [-0.05, 0) is 11.6 Å². The van der Waals surface area contributed by atoms with Gasteiger partial charge in [-0.25, -0.2) is 19.9 Å². The molecular weight excluding hydrogens is 449 g/mol. The third-order valence-corrected chi connectivity index (χ3v) is 4.84. The second kappa shape index (κ2) is 6.96. The van der Waals surface area contributed by atoms with Gasteiger partial charge in [0.2, 0.25) is 0 Å². The summed E-state index contributed by atoms with van der Waals surface area (Å²) in [6, 6.07) is 4.91. The van der Waals surface area contributed by atoms with Crippen LogP contribution in [0.25, 0.3) is 22.1 Å². The molecule has 1 atom stereocenters. The first-order valence-corrected chi connectivity index (χ1v) is 9.33. The summed E-state index contributed by atoms with van der Waals surface area (Å²) < 4.78 is 0.707. The van der Waals surface area contributed by atoms with Gasteiger partial charge in [0.25, 0.3) is 5.56 Å².